The van der Waals surface area contributed by atoms with Crippen LogP contribution in [0.15, 0.2) is 42.5 Å². The zero-order chi connectivity index (χ0) is 14.5. The highest BCUT2D eigenvalue weighted by molar-refractivity contribution is 6.30. The van der Waals surface area contributed by atoms with Crippen molar-refractivity contribution in [1.82, 2.24) is 0 Å². The molecule has 104 valence electrons. The average molecular weight is 296 g/mol. The molecule has 0 spiro atoms. The van der Waals surface area contributed by atoms with E-state index < -0.39 is 11.7 Å². The van der Waals surface area contributed by atoms with E-state index in [0.29, 0.717) is 10.8 Å². The Morgan fingerprint density at radius 1 is 1.30 bits per heavy atom. The van der Waals surface area contributed by atoms with Crippen LogP contribution < -0.4 is 10.1 Å². The number of carbonyl (C=O) groups excluding carboxylic acids is 1. The Hall–Kier alpha value is -2.27. The van der Waals surface area contributed by atoms with Crippen LogP contribution in [0.5, 0.6) is 11.5 Å². The summed E-state index contributed by atoms with van der Waals surface area (Å²) in [6.07, 6.45) is 0. The van der Waals surface area contributed by atoms with E-state index in [2.05, 4.69) is 5.32 Å². The van der Waals surface area contributed by atoms with E-state index in [1.165, 1.54) is 12.1 Å². The maximum Gasteiger partial charge on any atom is 0.262 e. The Bertz CT molecular complexity index is 634. The Morgan fingerprint density at radius 2 is 2.10 bits per heavy atom. The first-order valence-corrected chi connectivity index (χ1v) is 6.09. The molecule has 0 aromatic heterocycles. The molecule has 0 atom stereocenters. The summed E-state index contributed by atoms with van der Waals surface area (Å²) in [5.41, 5.74) is -0.0255. The van der Waals surface area contributed by atoms with Gasteiger partial charge in [-0.15, -0.1) is 0 Å². The summed E-state index contributed by atoms with van der Waals surface area (Å²) in [5.74, 6) is -1.01. The maximum atomic E-state index is 13.4. The van der Waals surface area contributed by atoms with Gasteiger partial charge in [0.05, 0.1) is 5.69 Å². The number of aromatic hydroxyl groups is 1. The van der Waals surface area contributed by atoms with E-state index in [4.69, 9.17) is 21.4 Å². The summed E-state index contributed by atoms with van der Waals surface area (Å²) < 4.78 is 18.6. The standard InChI is InChI=1S/C14H11ClFNO3/c15-9-2-1-3-11(6-9)20-8-14(19)17-13-5-4-10(18)7-12(13)16/h1-7,18H,8H2,(H,17,19). The minimum absolute atomic E-state index is 0.0255. The summed E-state index contributed by atoms with van der Waals surface area (Å²) in [5, 5.41) is 11.9. The smallest absolute Gasteiger partial charge is 0.262 e. The summed E-state index contributed by atoms with van der Waals surface area (Å²) in [4.78, 5) is 11.6. The normalized spacial score (nSPS) is 10.1. The van der Waals surface area contributed by atoms with Crippen molar-refractivity contribution in [3.05, 3.63) is 53.3 Å². The van der Waals surface area contributed by atoms with Gasteiger partial charge in [-0.1, -0.05) is 17.7 Å². The quantitative estimate of drug-likeness (QED) is 0.852. The summed E-state index contributed by atoms with van der Waals surface area (Å²) in [6, 6.07) is 10.0. The lowest BCUT2D eigenvalue weighted by Gasteiger charge is -2.08. The summed E-state index contributed by atoms with van der Waals surface area (Å²) in [7, 11) is 0. The summed E-state index contributed by atoms with van der Waals surface area (Å²) >= 11 is 5.77. The molecular weight excluding hydrogens is 285 g/mol. The molecule has 0 bridgehead atoms. The molecule has 0 saturated heterocycles. The van der Waals surface area contributed by atoms with Crippen LogP contribution in [0.4, 0.5) is 10.1 Å². The maximum absolute atomic E-state index is 13.4. The van der Waals surface area contributed by atoms with Gasteiger partial charge in [-0.3, -0.25) is 4.79 Å². The first kappa shape index (κ1) is 14.1. The fourth-order valence-electron chi connectivity index (χ4n) is 1.50. The van der Waals surface area contributed by atoms with Gasteiger partial charge < -0.3 is 15.2 Å². The lowest BCUT2D eigenvalue weighted by Crippen LogP contribution is -2.20. The number of anilines is 1. The molecular formula is C14H11ClFNO3. The van der Waals surface area contributed by atoms with Crippen LogP contribution in [0.3, 0.4) is 0 Å². The minimum Gasteiger partial charge on any atom is -0.508 e. The van der Waals surface area contributed by atoms with Crippen molar-refractivity contribution >= 4 is 23.2 Å². The van der Waals surface area contributed by atoms with Gasteiger partial charge in [-0.05, 0) is 30.3 Å². The van der Waals surface area contributed by atoms with Crippen molar-refractivity contribution in [3.63, 3.8) is 0 Å². The first-order chi connectivity index (χ1) is 9.54. The lowest BCUT2D eigenvalue weighted by atomic mass is 10.3. The highest BCUT2D eigenvalue weighted by atomic mass is 35.5. The van der Waals surface area contributed by atoms with E-state index in [9.17, 15) is 9.18 Å². The lowest BCUT2D eigenvalue weighted by molar-refractivity contribution is -0.118. The Morgan fingerprint density at radius 3 is 2.80 bits per heavy atom. The molecule has 20 heavy (non-hydrogen) atoms. The number of nitrogens with one attached hydrogen (secondary N) is 1. The SMILES string of the molecule is O=C(COc1cccc(Cl)c1)Nc1ccc(O)cc1F. The van der Waals surface area contributed by atoms with E-state index in [0.717, 1.165) is 6.07 Å². The predicted molar refractivity (Wildman–Crippen MR) is 73.6 cm³/mol. The molecule has 1 amide bonds. The van der Waals surface area contributed by atoms with Crippen LogP contribution in [-0.2, 0) is 4.79 Å². The molecule has 0 aliphatic rings. The molecule has 2 aromatic carbocycles. The number of carbonyl (C=O) groups is 1. The second kappa shape index (κ2) is 6.25. The van der Waals surface area contributed by atoms with Crippen LogP contribution in [0.2, 0.25) is 5.02 Å². The van der Waals surface area contributed by atoms with Gasteiger partial charge in [0.25, 0.3) is 5.91 Å². The Labute approximate surface area is 119 Å². The van der Waals surface area contributed by atoms with Gasteiger partial charge in [0.2, 0.25) is 0 Å². The van der Waals surface area contributed by atoms with Gasteiger partial charge in [-0.25, -0.2) is 4.39 Å². The van der Waals surface area contributed by atoms with Gasteiger partial charge >= 0.3 is 0 Å². The largest absolute Gasteiger partial charge is 0.508 e. The number of hydrogen-bond acceptors (Lipinski definition) is 3. The monoisotopic (exact) mass is 295 g/mol. The third kappa shape index (κ3) is 3.86. The van der Waals surface area contributed by atoms with Crippen LogP contribution in [0.25, 0.3) is 0 Å². The Kier molecular flexibility index (Phi) is 4.42. The molecule has 0 heterocycles. The molecule has 2 N–H and O–H groups in total. The van der Waals surface area contributed by atoms with Gasteiger partial charge in [-0.2, -0.15) is 0 Å². The summed E-state index contributed by atoms with van der Waals surface area (Å²) in [6.45, 7) is -0.277. The zero-order valence-corrected chi connectivity index (χ0v) is 11.0. The molecule has 6 heteroatoms. The van der Waals surface area contributed by atoms with E-state index in [1.807, 2.05) is 0 Å². The number of benzene rings is 2. The van der Waals surface area contributed by atoms with Crippen LogP contribution >= 0.6 is 11.6 Å². The third-order valence-electron chi connectivity index (χ3n) is 2.39. The number of rotatable bonds is 4. The number of halogens is 2. The molecule has 0 aliphatic carbocycles. The molecule has 4 nitrogen and oxygen atoms in total. The molecule has 0 unspecified atom stereocenters. The number of phenols is 1. The minimum atomic E-state index is -0.721. The average Bonchev–Trinajstić information content (AvgIpc) is 2.40. The van der Waals surface area contributed by atoms with Gasteiger partial charge in [0.15, 0.2) is 6.61 Å². The molecule has 2 rings (SSSR count). The van der Waals surface area contributed by atoms with E-state index >= 15 is 0 Å². The van der Waals surface area contributed by atoms with Crippen molar-refractivity contribution in [1.29, 1.82) is 0 Å². The van der Waals surface area contributed by atoms with Crippen molar-refractivity contribution in [2.24, 2.45) is 0 Å². The van der Waals surface area contributed by atoms with Crippen molar-refractivity contribution in [3.8, 4) is 11.5 Å². The second-order valence-corrected chi connectivity index (χ2v) is 4.39. The molecule has 0 aliphatic heterocycles. The van der Waals surface area contributed by atoms with Crippen LogP contribution in [0, 0.1) is 5.82 Å². The molecule has 2 aromatic rings. The van der Waals surface area contributed by atoms with Crippen molar-refractivity contribution in [2.45, 2.75) is 0 Å². The first-order valence-electron chi connectivity index (χ1n) is 5.71. The van der Waals surface area contributed by atoms with Crippen molar-refractivity contribution < 1.29 is 19.0 Å². The molecule has 0 saturated carbocycles. The van der Waals surface area contributed by atoms with Gasteiger partial charge in [0, 0.05) is 11.1 Å². The van der Waals surface area contributed by atoms with Crippen LogP contribution in [-0.4, -0.2) is 17.6 Å². The Balaban J connectivity index is 1.92. The topological polar surface area (TPSA) is 58.6 Å². The van der Waals surface area contributed by atoms with E-state index in [-0.39, 0.29) is 18.0 Å². The second-order valence-electron chi connectivity index (χ2n) is 3.96. The highest BCUT2D eigenvalue weighted by Crippen LogP contribution is 2.20. The fourth-order valence-corrected chi connectivity index (χ4v) is 1.68. The number of ether oxygens (including phenoxy) is 1. The van der Waals surface area contributed by atoms with Crippen LogP contribution in [0.1, 0.15) is 0 Å². The van der Waals surface area contributed by atoms with Gasteiger partial charge in [0.1, 0.15) is 17.3 Å². The zero-order valence-electron chi connectivity index (χ0n) is 10.3. The fraction of sp³-hybridized carbons (Fsp3) is 0.0714. The predicted octanol–water partition coefficient (Wildman–Crippen LogP) is 3.20. The van der Waals surface area contributed by atoms with Crippen molar-refractivity contribution in [2.75, 3.05) is 11.9 Å². The third-order valence-corrected chi connectivity index (χ3v) is 2.63. The number of amides is 1. The number of phenolic OH excluding ortho intramolecular Hbond substituents is 1. The molecule has 0 radical (unpaired) electrons. The van der Waals surface area contributed by atoms with E-state index in [1.54, 1.807) is 24.3 Å². The molecule has 0 fully saturated rings. The highest BCUT2D eigenvalue weighted by Gasteiger charge is 2.08. The number of hydrogen-bond donors (Lipinski definition) is 2.